The van der Waals surface area contributed by atoms with Gasteiger partial charge in [-0.05, 0) is 73.2 Å². The number of rotatable bonds is 4. The molecule has 2 rings (SSSR count). The number of carbonyl (C=O) groups excluding carboxylic acids is 1. The molecule has 134 valence electrons. The Balaban J connectivity index is 1.91. The van der Waals surface area contributed by atoms with Gasteiger partial charge in [0.05, 0.1) is 11.6 Å². The van der Waals surface area contributed by atoms with Crippen molar-refractivity contribution in [1.82, 2.24) is 4.90 Å². The Labute approximate surface area is 152 Å². The molecule has 2 N–H and O–H groups in total. The van der Waals surface area contributed by atoms with E-state index < -0.39 is 5.60 Å². The van der Waals surface area contributed by atoms with Crippen LogP contribution in [0.25, 0.3) is 0 Å². The number of halogens is 1. The number of ether oxygens (including phenoxy) is 2. The maximum Gasteiger partial charge on any atom is 0.410 e. The van der Waals surface area contributed by atoms with Gasteiger partial charge in [-0.25, -0.2) is 4.79 Å². The third kappa shape index (κ3) is 5.11. The smallest absolute Gasteiger partial charge is 0.410 e. The average molecular weight is 399 g/mol. The Morgan fingerprint density at radius 3 is 2.75 bits per heavy atom. The summed E-state index contributed by atoms with van der Waals surface area (Å²) in [6.45, 7) is 7.01. The van der Waals surface area contributed by atoms with Gasteiger partial charge in [0.1, 0.15) is 11.4 Å². The van der Waals surface area contributed by atoms with E-state index in [0.717, 1.165) is 28.6 Å². The molecule has 0 spiro atoms. The van der Waals surface area contributed by atoms with Crippen LogP contribution in [0.15, 0.2) is 22.7 Å². The van der Waals surface area contributed by atoms with Crippen LogP contribution in [0.5, 0.6) is 5.75 Å². The Morgan fingerprint density at radius 1 is 1.46 bits per heavy atom. The molecular weight excluding hydrogens is 372 g/mol. The quantitative estimate of drug-likeness (QED) is 0.841. The molecule has 1 heterocycles. The van der Waals surface area contributed by atoms with Gasteiger partial charge in [0, 0.05) is 19.1 Å². The fourth-order valence-corrected chi connectivity index (χ4v) is 3.49. The van der Waals surface area contributed by atoms with E-state index >= 15 is 0 Å². The number of nitrogens with two attached hydrogens (primary N) is 1. The lowest BCUT2D eigenvalue weighted by atomic mass is 9.93. The van der Waals surface area contributed by atoms with Gasteiger partial charge >= 0.3 is 6.09 Å². The highest BCUT2D eigenvalue weighted by Crippen LogP contribution is 2.28. The first-order chi connectivity index (χ1) is 11.2. The van der Waals surface area contributed by atoms with Crippen LogP contribution >= 0.6 is 15.9 Å². The number of carbonyl (C=O) groups is 1. The first-order valence-corrected chi connectivity index (χ1v) is 9.05. The van der Waals surface area contributed by atoms with E-state index in [4.69, 9.17) is 15.2 Å². The zero-order valence-corrected chi connectivity index (χ0v) is 16.4. The topological polar surface area (TPSA) is 64.8 Å². The Morgan fingerprint density at radius 2 is 2.17 bits per heavy atom. The van der Waals surface area contributed by atoms with Crippen molar-refractivity contribution in [2.75, 3.05) is 20.2 Å². The Bertz CT molecular complexity index is 586. The molecule has 1 amide bonds. The van der Waals surface area contributed by atoms with E-state index in [1.54, 1.807) is 12.0 Å². The molecule has 0 aliphatic carbocycles. The van der Waals surface area contributed by atoms with Crippen molar-refractivity contribution < 1.29 is 14.3 Å². The molecule has 1 aromatic carbocycles. The van der Waals surface area contributed by atoms with Crippen molar-refractivity contribution >= 4 is 22.0 Å². The van der Waals surface area contributed by atoms with Crippen molar-refractivity contribution in [2.24, 2.45) is 11.7 Å². The molecule has 5 nitrogen and oxygen atoms in total. The number of nitrogens with zero attached hydrogens (tertiary/aromatic N) is 1. The summed E-state index contributed by atoms with van der Waals surface area (Å²) in [6, 6.07) is 6.02. The van der Waals surface area contributed by atoms with Crippen LogP contribution in [0.2, 0.25) is 0 Å². The first kappa shape index (κ1) is 19.1. The van der Waals surface area contributed by atoms with E-state index in [9.17, 15) is 4.79 Å². The first-order valence-electron chi connectivity index (χ1n) is 8.25. The third-order valence-corrected chi connectivity index (χ3v) is 4.79. The lowest BCUT2D eigenvalue weighted by Crippen LogP contribution is -2.38. The Hall–Kier alpha value is -1.27. The fraction of sp³-hybridized carbons (Fsp3) is 0.611. The van der Waals surface area contributed by atoms with Crippen LogP contribution in [-0.2, 0) is 11.2 Å². The molecule has 0 saturated carbocycles. The van der Waals surface area contributed by atoms with Gasteiger partial charge in [-0.1, -0.05) is 6.07 Å². The number of benzene rings is 1. The molecule has 2 unspecified atom stereocenters. The normalized spacial score (nSPS) is 19.2. The molecule has 1 aliphatic heterocycles. The number of hydrogen-bond donors (Lipinski definition) is 1. The summed E-state index contributed by atoms with van der Waals surface area (Å²) in [4.78, 5) is 13.9. The predicted molar refractivity (Wildman–Crippen MR) is 98.3 cm³/mol. The largest absolute Gasteiger partial charge is 0.496 e. The molecule has 1 aromatic rings. The summed E-state index contributed by atoms with van der Waals surface area (Å²) < 4.78 is 11.6. The number of likely N-dealkylation sites (tertiary alicyclic amines) is 1. The summed E-state index contributed by atoms with van der Waals surface area (Å²) in [5.41, 5.74) is 7.09. The minimum absolute atomic E-state index is 0.0118. The van der Waals surface area contributed by atoms with Gasteiger partial charge in [0.2, 0.25) is 0 Å². The second kappa shape index (κ2) is 7.74. The zero-order valence-electron chi connectivity index (χ0n) is 14.8. The second-order valence-electron chi connectivity index (χ2n) is 7.31. The third-order valence-electron chi connectivity index (χ3n) is 4.17. The van der Waals surface area contributed by atoms with Crippen LogP contribution in [0.3, 0.4) is 0 Å². The molecule has 6 heteroatoms. The maximum absolute atomic E-state index is 12.1. The van der Waals surface area contributed by atoms with E-state index in [1.807, 2.05) is 39.0 Å². The molecule has 1 saturated heterocycles. The standard InChI is InChI=1S/C18H27BrN2O3/c1-18(2,3)24-17(22)21-8-7-13(11-21)15(20)10-12-5-6-16(23-4)14(19)9-12/h5-6,9,13,15H,7-8,10-11,20H2,1-4H3. The van der Waals surface area contributed by atoms with Crippen molar-refractivity contribution in [3.8, 4) is 5.75 Å². The number of methoxy groups -OCH3 is 1. The molecular formula is C18H27BrN2O3. The van der Waals surface area contributed by atoms with Crippen LogP contribution in [0.1, 0.15) is 32.8 Å². The molecule has 1 fully saturated rings. The molecule has 0 aromatic heterocycles. The van der Waals surface area contributed by atoms with Crippen molar-refractivity contribution in [2.45, 2.75) is 45.3 Å². The van der Waals surface area contributed by atoms with E-state index in [2.05, 4.69) is 15.9 Å². The highest BCUT2D eigenvalue weighted by molar-refractivity contribution is 9.10. The van der Waals surface area contributed by atoms with Gasteiger partial charge in [0.15, 0.2) is 0 Å². The lowest BCUT2D eigenvalue weighted by molar-refractivity contribution is 0.0286. The highest BCUT2D eigenvalue weighted by atomic mass is 79.9. The molecule has 0 bridgehead atoms. The molecule has 1 aliphatic rings. The van der Waals surface area contributed by atoms with Gasteiger partial charge in [-0.3, -0.25) is 0 Å². The fourth-order valence-electron chi connectivity index (χ4n) is 2.90. The van der Waals surface area contributed by atoms with E-state index in [0.29, 0.717) is 19.0 Å². The van der Waals surface area contributed by atoms with Gasteiger partial charge in [-0.2, -0.15) is 0 Å². The van der Waals surface area contributed by atoms with Gasteiger partial charge in [-0.15, -0.1) is 0 Å². The predicted octanol–water partition coefficient (Wildman–Crippen LogP) is 3.58. The monoisotopic (exact) mass is 398 g/mol. The minimum Gasteiger partial charge on any atom is -0.496 e. The van der Waals surface area contributed by atoms with Gasteiger partial charge in [0.25, 0.3) is 0 Å². The summed E-state index contributed by atoms with van der Waals surface area (Å²) in [5, 5.41) is 0. The van der Waals surface area contributed by atoms with Crippen LogP contribution in [-0.4, -0.2) is 42.8 Å². The van der Waals surface area contributed by atoms with Crippen LogP contribution < -0.4 is 10.5 Å². The maximum atomic E-state index is 12.1. The highest BCUT2D eigenvalue weighted by Gasteiger charge is 2.32. The van der Waals surface area contributed by atoms with Crippen molar-refractivity contribution in [3.63, 3.8) is 0 Å². The molecule has 0 radical (unpaired) electrons. The summed E-state index contributed by atoms with van der Waals surface area (Å²) in [5.74, 6) is 1.10. The van der Waals surface area contributed by atoms with Crippen LogP contribution in [0.4, 0.5) is 4.79 Å². The SMILES string of the molecule is COc1ccc(CC(N)C2CCN(C(=O)OC(C)(C)C)C2)cc1Br. The van der Waals surface area contributed by atoms with Gasteiger partial charge < -0.3 is 20.1 Å². The van der Waals surface area contributed by atoms with Crippen LogP contribution in [0, 0.1) is 5.92 Å². The molecule has 24 heavy (non-hydrogen) atoms. The number of hydrogen-bond acceptors (Lipinski definition) is 4. The van der Waals surface area contributed by atoms with E-state index in [-0.39, 0.29) is 12.1 Å². The Kier molecular flexibility index (Phi) is 6.15. The average Bonchev–Trinajstić information content (AvgIpc) is 2.95. The summed E-state index contributed by atoms with van der Waals surface area (Å²) >= 11 is 3.50. The molecule has 2 atom stereocenters. The summed E-state index contributed by atoms with van der Waals surface area (Å²) in [7, 11) is 1.65. The zero-order chi connectivity index (χ0) is 17.9. The second-order valence-corrected chi connectivity index (χ2v) is 8.17. The van der Waals surface area contributed by atoms with E-state index in [1.165, 1.54) is 0 Å². The minimum atomic E-state index is -0.466. The van der Waals surface area contributed by atoms with Crippen molar-refractivity contribution in [3.05, 3.63) is 28.2 Å². The lowest BCUT2D eigenvalue weighted by Gasteiger charge is -2.25. The summed E-state index contributed by atoms with van der Waals surface area (Å²) in [6.07, 6.45) is 1.44. The van der Waals surface area contributed by atoms with Crippen molar-refractivity contribution in [1.29, 1.82) is 0 Å². The number of amides is 1.